The molecule has 1 fully saturated rings. The van der Waals surface area contributed by atoms with Gasteiger partial charge in [-0.1, -0.05) is 0 Å². The molecular weight excluding hydrogens is 196 g/mol. The van der Waals surface area contributed by atoms with Crippen LogP contribution >= 0.6 is 0 Å². The van der Waals surface area contributed by atoms with Crippen molar-refractivity contribution in [3.8, 4) is 0 Å². The molecule has 0 aromatic heterocycles. The van der Waals surface area contributed by atoms with Crippen LogP contribution in [0, 0.1) is 0 Å². The lowest BCUT2D eigenvalue weighted by molar-refractivity contribution is -0.123. The predicted molar refractivity (Wildman–Crippen MR) is 56.3 cm³/mol. The first kappa shape index (κ1) is 12.4. The number of amides is 1. The molecule has 15 heavy (non-hydrogen) atoms. The molecule has 5 heteroatoms. The third kappa shape index (κ3) is 4.59. The Hall–Kier alpha value is -0.650. The van der Waals surface area contributed by atoms with Gasteiger partial charge in [-0.05, 0) is 26.7 Å². The quantitative estimate of drug-likeness (QED) is 0.458. The molecule has 0 saturated heterocycles. The SMILES string of the molecule is CC(NCC(C)(O)CO)C(=O)NC1CC1. The number of carbonyl (C=O) groups excluding carboxylic acids is 1. The number of rotatable bonds is 6. The Labute approximate surface area is 89.9 Å². The minimum Gasteiger partial charge on any atom is -0.393 e. The van der Waals surface area contributed by atoms with Crippen LogP contribution in [0.3, 0.4) is 0 Å². The van der Waals surface area contributed by atoms with Gasteiger partial charge >= 0.3 is 0 Å². The zero-order valence-corrected chi connectivity index (χ0v) is 9.29. The molecule has 1 saturated carbocycles. The van der Waals surface area contributed by atoms with Crippen LogP contribution in [-0.2, 0) is 4.79 Å². The van der Waals surface area contributed by atoms with E-state index in [9.17, 15) is 9.90 Å². The van der Waals surface area contributed by atoms with Crippen molar-refractivity contribution in [2.45, 2.75) is 44.4 Å². The Kier molecular flexibility index (Phi) is 4.07. The summed E-state index contributed by atoms with van der Waals surface area (Å²) in [7, 11) is 0. The van der Waals surface area contributed by atoms with Gasteiger partial charge in [-0.15, -0.1) is 0 Å². The zero-order valence-electron chi connectivity index (χ0n) is 9.29. The molecule has 88 valence electrons. The molecule has 1 rings (SSSR count). The van der Waals surface area contributed by atoms with E-state index < -0.39 is 5.60 Å². The first-order valence-electron chi connectivity index (χ1n) is 5.31. The van der Waals surface area contributed by atoms with Crippen LogP contribution < -0.4 is 10.6 Å². The largest absolute Gasteiger partial charge is 0.393 e. The number of aliphatic hydroxyl groups excluding tert-OH is 1. The Morgan fingerprint density at radius 3 is 2.67 bits per heavy atom. The highest BCUT2D eigenvalue weighted by Crippen LogP contribution is 2.18. The summed E-state index contributed by atoms with van der Waals surface area (Å²) in [5.74, 6) is -0.0498. The Morgan fingerprint density at radius 2 is 2.20 bits per heavy atom. The van der Waals surface area contributed by atoms with Crippen LogP contribution in [0.5, 0.6) is 0 Å². The summed E-state index contributed by atoms with van der Waals surface area (Å²) in [6.45, 7) is 3.14. The summed E-state index contributed by atoms with van der Waals surface area (Å²) in [4.78, 5) is 11.5. The van der Waals surface area contributed by atoms with Gasteiger partial charge in [0.25, 0.3) is 0 Å². The topological polar surface area (TPSA) is 81.6 Å². The van der Waals surface area contributed by atoms with Crippen LogP contribution in [0.25, 0.3) is 0 Å². The summed E-state index contributed by atoms with van der Waals surface area (Å²) in [5.41, 5.74) is -1.17. The van der Waals surface area contributed by atoms with Crippen LogP contribution in [-0.4, -0.2) is 47.0 Å². The van der Waals surface area contributed by atoms with Gasteiger partial charge in [0.2, 0.25) is 5.91 Å². The van der Waals surface area contributed by atoms with Crippen molar-refractivity contribution in [3.05, 3.63) is 0 Å². The van der Waals surface area contributed by atoms with Gasteiger partial charge in [0, 0.05) is 12.6 Å². The Morgan fingerprint density at radius 1 is 1.60 bits per heavy atom. The van der Waals surface area contributed by atoms with Gasteiger partial charge in [-0.25, -0.2) is 0 Å². The van der Waals surface area contributed by atoms with Crippen LogP contribution in [0.1, 0.15) is 26.7 Å². The average Bonchev–Trinajstić information content (AvgIpc) is 2.98. The molecular formula is C10H20N2O3. The van der Waals surface area contributed by atoms with Gasteiger partial charge in [0.15, 0.2) is 0 Å². The lowest BCUT2D eigenvalue weighted by Crippen LogP contribution is -2.49. The maximum atomic E-state index is 11.5. The number of hydrogen-bond donors (Lipinski definition) is 4. The van der Waals surface area contributed by atoms with Crippen molar-refractivity contribution < 1.29 is 15.0 Å². The first-order valence-corrected chi connectivity index (χ1v) is 5.31. The van der Waals surface area contributed by atoms with E-state index in [0.29, 0.717) is 6.04 Å². The van der Waals surface area contributed by atoms with Gasteiger partial charge in [0.1, 0.15) is 0 Å². The van der Waals surface area contributed by atoms with E-state index in [0.717, 1.165) is 12.8 Å². The lowest BCUT2D eigenvalue weighted by Gasteiger charge is -2.23. The van der Waals surface area contributed by atoms with E-state index in [4.69, 9.17) is 5.11 Å². The third-order valence-electron chi connectivity index (χ3n) is 2.45. The second kappa shape index (κ2) is 4.92. The van der Waals surface area contributed by atoms with Crippen molar-refractivity contribution in [2.75, 3.05) is 13.2 Å². The van der Waals surface area contributed by atoms with E-state index >= 15 is 0 Å². The minimum atomic E-state index is -1.17. The zero-order chi connectivity index (χ0) is 11.5. The fraction of sp³-hybridized carbons (Fsp3) is 0.900. The van der Waals surface area contributed by atoms with E-state index in [-0.39, 0.29) is 25.1 Å². The molecule has 4 N–H and O–H groups in total. The van der Waals surface area contributed by atoms with Crippen molar-refractivity contribution >= 4 is 5.91 Å². The van der Waals surface area contributed by atoms with Crippen LogP contribution in [0.4, 0.5) is 0 Å². The Balaban J connectivity index is 2.21. The molecule has 1 amide bonds. The lowest BCUT2D eigenvalue weighted by atomic mass is 10.1. The van der Waals surface area contributed by atoms with E-state index in [1.54, 1.807) is 6.92 Å². The summed E-state index contributed by atoms with van der Waals surface area (Å²) in [5, 5.41) is 24.1. The molecule has 1 aliphatic rings. The maximum absolute atomic E-state index is 11.5. The molecule has 0 spiro atoms. The second-order valence-electron chi connectivity index (χ2n) is 4.54. The number of hydrogen-bond acceptors (Lipinski definition) is 4. The minimum absolute atomic E-state index is 0.0498. The number of nitrogens with one attached hydrogen (secondary N) is 2. The predicted octanol–water partition coefficient (Wildman–Crippen LogP) is -1.01. The van der Waals surface area contributed by atoms with E-state index in [2.05, 4.69) is 10.6 Å². The number of aliphatic hydroxyl groups is 2. The van der Waals surface area contributed by atoms with Crippen LogP contribution in [0.15, 0.2) is 0 Å². The monoisotopic (exact) mass is 216 g/mol. The standard InChI is InChI=1S/C10H20N2O3/c1-7(9(14)12-8-3-4-8)11-5-10(2,15)6-13/h7-8,11,13,15H,3-6H2,1-2H3,(H,12,14). The summed E-state index contributed by atoms with van der Waals surface area (Å²) in [6.07, 6.45) is 2.12. The molecule has 0 aromatic rings. The van der Waals surface area contributed by atoms with E-state index in [1.807, 2.05) is 0 Å². The highest BCUT2D eigenvalue weighted by Gasteiger charge is 2.26. The average molecular weight is 216 g/mol. The van der Waals surface area contributed by atoms with Crippen molar-refractivity contribution in [3.63, 3.8) is 0 Å². The summed E-state index contributed by atoms with van der Waals surface area (Å²) < 4.78 is 0. The van der Waals surface area contributed by atoms with Gasteiger partial charge in [-0.3, -0.25) is 4.79 Å². The van der Waals surface area contributed by atoms with Crippen molar-refractivity contribution in [2.24, 2.45) is 0 Å². The van der Waals surface area contributed by atoms with Crippen molar-refractivity contribution in [1.82, 2.24) is 10.6 Å². The third-order valence-corrected chi connectivity index (χ3v) is 2.45. The normalized spacial score (nSPS) is 21.9. The highest BCUT2D eigenvalue weighted by atomic mass is 16.3. The number of carbonyl (C=O) groups is 1. The molecule has 2 atom stereocenters. The molecule has 5 nitrogen and oxygen atoms in total. The smallest absolute Gasteiger partial charge is 0.237 e. The summed E-state index contributed by atoms with van der Waals surface area (Å²) >= 11 is 0. The molecule has 0 heterocycles. The van der Waals surface area contributed by atoms with Gasteiger partial charge in [-0.2, -0.15) is 0 Å². The van der Waals surface area contributed by atoms with Crippen molar-refractivity contribution in [1.29, 1.82) is 0 Å². The fourth-order valence-corrected chi connectivity index (χ4v) is 1.08. The molecule has 0 aliphatic heterocycles. The molecule has 0 bridgehead atoms. The van der Waals surface area contributed by atoms with Gasteiger partial charge in [0.05, 0.1) is 18.2 Å². The molecule has 1 aliphatic carbocycles. The Bertz CT molecular complexity index is 227. The molecule has 0 radical (unpaired) electrons. The van der Waals surface area contributed by atoms with Gasteiger partial charge < -0.3 is 20.8 Å². The molecule has 2 unspecified atom stereocenters. The fourth-order valence-electron chi connectivity index (χ4n) is 1.08. The highest BCUT2D eigenvalue weighted by molar-refractivity contribution is 5.81. The first-order chi connectivity index (χ1) is 6.94. The second-order valence-corrected chi connectivity index (χ2v) is 4.54. The maximum Gasteiger partial charge on any atom is 0.237 e. The van der Waals surface area contributed by atoms with Crippen LogP contribution in [0.2, 0.25) is 0 Å². The molecule has 0 aromatic carbocycles. The van der Waals surface area contributed by atoms with E-state index in [1.165, 1.54) is 6.92 Å². The summed E-state index contributed by atoms with van der Waals surface area (Å²) in [6, 6.07) is 0.00345.